The van der Waals surface area contributed by atoms with E-state index in [0.717, 1.165) is 22.3 Å². The average Bonchev–Trinajstić information content (AvgIpc) is 2.83. The van der Waals surface area contributed by atoms with Gasteiger partial charge in [-0.25, -0.2) is 8.42 Å². The highest BCUT2D eigenvalue weighted by Gasteiger charge is 2.21. The van der Waals surface area contributed by atoms with Gasteiger partial charge in [0, 0.05) is 0 Å². The Morgan fingerprint density at radius 2 is 1.49 bits per heavy atom. The Kier molecular flexibility index (Phi) is 7.24. The number of aryl methyl sites for hydroxylation is 2. The smallest absolute Gasteiger partial charge is 0.261 e. The van der Waals surface area contributed by atoms with Crippen molar-refractivity contribution in [2.75, 3.05) is 4.72 Å². The van der Waals surface area contributed by atoms with Gasteiger partial charge in [0.2, 0.25) is 0 Å². The summed E-state index contributed by atoms with van der Waals surface area (Å²) in [5, 5.41) is 3.23. The largest absolute Gasteiger partial charge is 0.341 e. The molecule has 0 fully saturated rings. The van der Waals surface area contributed by atoms with E-state index in [4.69, 9.17) is 11.6 Å². The molecule has 0 aliphatic carbocycles. The topological polar surface area (TPSA) is 75.3 Å². The number of halogens is 1. The summed E-state index contributed by atoms with van der Waals surface area (Å²) in [5.41, 5.74) is 4.44. The van der Waals surface area contributed by atoms with Crippen LogP contribution in [-0.2, 0) is 10.0 Å². The minimum Gasteiger partial charge on any atom is -0.341 e. The lowest BCUT2D eigenvalue weighted by Gasteiger charge is -2.22. The van der Waals surface area contributed by atoms with Gasteiger partial charge in [0.15, 0.2) is 0 Å². The van der Waals surface area contributed by atoms with Gasteiger partial charge in [-0.1, -0.05) is 83.9 Å². The number of hydrogen-bond donors (Lipinski definition) is 2. The van der Waals surface area contributed by atoms with Crippen molar-refractivity contribution in [3.8, 4) is 0 Å². The van der Waals surface area contributed by atoms with Crippen molar-refractivity contribution in [2.24, 2.45) is 0 Å². The molecule has 5 nitrogen and oxygen atoms in total. The number of anilines is 1. The molecule has 1 amide bonds. The lowest BCUT2D eigenvalue weighted by atomic mass is 9.94. The second-order valence-electron chi connectivity index (χ2n) is 8.29. The van der Waals surface area contributed by atoms with Gasteiger partial charge in [-0.05, 0) is 60.9 Å². The maximum atomic E-state index is 13.2. The second kappa shape index (κ2) is 10.3. The summed E-state index contributed by atoms with van der Waals surface area (Å²) in [6, 6.07) is 28.2. The van der Waals surface area contributed by atoms with Crippen LogP contribution in [0.5, 0.6) is 0 Å². The van der Waals surface area contributed by atoms with Gasteiger partial charge in [0.05, 0.1) is 27.2 Å². The van der Waals surface area contributed by atoms with Gasteiger partial charge < -0.3 is 5.32 Å². The molecule has 1 atom stereocenters. The van der Waals surface area contributed by atoms with E-state index in [1.807, 2.05) is 68.4 Å². The third kappa shape index (κ3) is 5.73. The van der Waals surface area contributed by atoms with Crippen molar-refractivity contribution in [2.45, 2.75) is 24.8 Å². The van der Waals surface area contributed by atoms with Gasteiger partial charge in [-0.3, -0.25) is 9.52 Å². The highest BCUT2D eigenvalue weighted by Crippen LogP contribution is 2.28. The summed E-state index contributed by atoms with van der Waals surface area (Å²) < 4.78 is 27.9. The van der Waals surface area contributed by atoms with Crippen LogP contribution in [0.15, 0.2) is 102 Å². The Balaban J connectivity index is 1.58. The maximum absolute atomic E-state index is 13.2. The van der Waals surface area contributed by atoms with Crippen molar-refractivity contribution in [1.29, 1.82) is 0 Å². The molecular weight excluding hydrogens is 480 g/mol. The van der Waals surface area contributed by atoms with E-state index in [2.05, 4.69) is 10.0 Å². The molecule has 0 bridgehead atoms. The van der Waals surface area contributed by atoms with Crippen molar-refractivity contribution >= 4 is 33.2 Å². The standard InChI is InChI=1S/C28H25ClN2O3S/c1-19-12-15-23(16-13-19)35(33,34)31-22-14-17-25(26(29)18-22)28(32)30-27(21-9-4-3-5-10-21)24-11-7-6-8-20(24)2/h3-18,27,31H,1-2H3,(H,30,32)/t27-/m0/s1. The zero-order valence-corrected chi connectivity index (χ0v) is 20.9. The number of rotatable bonds is 7. The van der Waals surface area contributed by atoms with E-state index in [1.165, 1.54) is 30.3 Å². The van der Waals surface area contributed by atoms with E-state index >= 15 is 0 Å². The molecule has 4 aromatic carbocycles. The molecule has 35 heavy (non-hydrogen) atoms. The predicted octanol–water partition coefficient (Wildman–Crippen LogP) is 6.28. The van der Waals surface area contributed by atoms with Crippen molar-refractivity contribution in [3.05, 3.63) is 130 Å². The van der Waals surface area contributed by atoms with E-state index < -0.39 is 10.0 Å². The number of carbonyl (C=O) groups is 1. The average molecular weight is 505 g/mol. The van der Waals surface area contributed by atoms with E-state index in [9.17, 15) is 13.2 Å². The zero-order chi connectivity index (χ0) is 25.0. The first-order valence-corrected chi connectivity index (χ1v) is 12.9. The number of hydrogen-bond acceptors (Lipinski definition) is 3. The molecule has 0 spiro atoms. The van der Waals surface area contributed by atoms with Crippen LogP contribution in [0, 0.1) is 13.8 Å². The Morgan fingerprint density at radius 3 is 2.14 bits per heavy atom. The molecule has 2 N–H and O–H groups in total. The summed E-state index contributed by atoms with van der Waals surface area (Å²) in [5.74, 6) is -0.361. The maximum Gasteiger partial charge on any atom is 0.261 e. The van der Waals surface area contributed by atoms with E-state index in [0.29, 0.717) is 0 Å². The number of nitrogens with one attached hydrogen (secondary N) is 2. The molecule has 178 valence electrons. The molecule has 0 aliphatic heterocycles. The molecule has 0 saturated heterocycles. The van der Waals surface area contributed by atoms with Gasteiger partial charge in [-0.2, -0.15) is 0 Å². The van der Waals surface area contributed by atoms with Gasteiger partial charge >= 0.3 is 0 Å². The number of amides is 1. The molecule has 7 heteroatoms. The van der Waals surface area contributed by atoms with Crippen LogP contribution in [0.2, 0.25) is 5.02 Å². The Morgan fingerprint density at radius 1 is 0.829 bits per heavy atom. The van der Waals surface area contributed by atoms with Crippen LogP contribution in [0.25, 0.3) is 0 Å². The highest BCUT2D eigenvalue weighted by atomic mass is 35.5. The monoisotopic (exact) mass is 504 g/mol. The third-order valence-corrected chi connectivity index (χ3v) is 7.41. The van der Waals surface area contributed by atoms with Crippen LogP contribution in [0.3, 0.4) is 0 Å². The highest BCUT2D eigenvalue weighted by molar-refractivity contribution is 7.92. The van der Waals surface area contributed by atoms with Crippen molar-refractivity contribution in [1.82, 2.24) is 5.32 Å². The Hall–Kier alpha value is -3.61. The van der Waals surface area contributed by atoms with E-state index in [-0.39, 0.29) is 33.1 Å². The van der Waals surface area contributed by atoms with E-state index in [1.54, 1.807) is 12.1 Å². The molecule has 0 aromatic heterocycles. The first kappa shape index (κ1) is 24.5. The Bertz CT molecular complexity index is 1450. The summed E-state index contributed by atoms with van der Waals surface area (Å²) in [6.45, 7) is 3.88. The van der Waals surface area contributed by atoms with Crippen molar-refractivity contribution in [3.63, 3.8) is 0 Å². The lowest BCUT2D eigenvalue weighted by Crippen LogP contribution is -2.30. The summed E-state index contributed by atoms with van der Waals surface area (Å²) in [6.07, 6.45) is 0. The minimum atomic E-state index is -3.78. The number of sulfonamides is 1. The molecule has 0 aliphatic rings. The molecule has 0 saturated carbocycles. The fraction of sp³-hybridized carbons (Fsp3) is 0.107. The first-order valence-electron chi connectivity index (χ1n) is 11.0. The van der Waals surface area contributed by atoms with Gasteiger partial charge in [-0.15, -0.1) is 0 Å². The normalized spacial score (nSPS) is 12.1. The zero-order valence-electron chi connectivity index (χ0n) is 19.3. The molecule has 4 rings (SSSR count). The van der Waals surface area contributed by atoms with Crippen LogP contribution in [-0.4, -0.2) is 14.3 Å². The van der Waals surface area contributed by atoms with Gasteiger partial charge in [0.25, 0.3) is 15.9 Å². The van der Waals surface area contributed by atoms with Crippen LogP contribution < -0.4 is 10.0 Å². The minimum absolute atomic E-state index is 0.142. The van der Waals surface area contributed by atoms with Gasteiger partial charge in [0.1, 0.15) is 0 Å². The molecule has 0 radical (unpaired) electrons. The van der Waals surface area contributed by atoms with Crippen LogP contribution in [0.1, 0.15) is 38.7 Å². The number of carbonyl (C=O) groups excluding carboxylic acids is 1. The quantitative estimate of drug-likeness (QED) is 0.311. The number of benzene rings is 4. The second-order valence-corrected chi connectivity index (χ2v) is 10.4. The summed E-state index contributed by atoms with van der Waals surface area (Å²) in [4.78, 5) is 13.4. The predicted molar refractivity (Wildman–Crippen MR) is 140 cm³/mol. The Labute approximate surface area is 210 Å². The van der Waals surface area contributed by atoms with Crippen LogP contribution >= 0.6 is 11.6 Å². The molecule has 0 heterocycles. The molecule has 0 unspecified atom stereocenters. The molecule has 4 aromatic rings. The fourth-order valence-electron chi connectivity index (χ4n) is 3.80. The summed E-state index contributed by atoms with van der Waals surface area (Å²) >= 11 is 6.43. The van der Waals surface area contributed by atoms with Crippen molar-refractivity contribution < 1.29 is 13.2 Å². The lowest BCUT2D eigenvalue weighted by molar-refractivity contribution is 0.0943. The SMILES string of the molecule is Cc1ccc(S(=O)(=O)Nc2ccc(C(=O)N[C@@H](c3ccccc3)c3ccccc3C)c(Cl)c2)cc1. The fourth-order valence-corrected chi connectivity index (χ4v) is 5.12. The summed E-state index contributed by atoms with van der Waals surface area (Å²) in [7, 11) is -3.78. The first-order chi connectivity index (χ1) is 16.7. The van der Waals surface area contributed by atoms with Crippen LogP contribution in [0.4, 0.5) is 5.69 Å². The third-order valence-electron chi connectivity index (χ3n) is 5.71. The molecular formula is C28H25ClN2O3S.